The van der Waals surface area contributed by atoms with Crippen molar-refractivity contribution < 1.29 is 24.2 Å². The van der Waals surface area contributed by atoms with Crippen LogP contribution in [0.4, 0.5) is 5.00 Å². The second-order valence-electron chi connectivity index (χ2n) is 7.29. The number of likely N-dealkylation sites (N-methyl/N-ethyl adjacent to an activating group) is 1. The molecular formula is C21H23N3O5S. The Kier molecular flexibility index (Phi) is 5.48. The van der Waals surface area contributed by atoms with Gasteiger partial charge in [0.15, 0.2) is 0 Å². The highest BCUT2D eigenvalue weighted by Gasteiger charge is 2.37. The van der Waals surface area contributed by atoms with Gasteiger partial charge in [-0.05, 0) is 24.1 Å². The van der Waals surface area contributed by atoms with Crippen LogP contribution in [0, 0.1) is 0 Å². The minimum absolute atomic E-state index is 0.0204. The van der Waals surface area contributed by atoms with E-state index < -0.39 is 0 Å². The van der Waals surface area contributed by atoms with E-state index in [-0.39, 0.29) is 37.4 Å². The van der Waals surface area contributed by atoms with Gasteiger partial charge in [0.2, 0.25) is 5.91 Å². The molecule has 1 aromatic carbocycles. The number of aliphatic hydroxyl groups is 1. The van der Waals surface area contributed by atoms with E-state index in [9.17, 15) is 19.5 Å². The van der Waals surface area contributed by atoms with Gasteiger partial charge in [0.05, 0.1) is 31.4 Å². The van der Waals surface area contributed by atoms with Crippen LogP contribution in [0.25, 0.3) is 0 Å². The number of methoxy groups -OCH3 is 1. The lowest BCUT2D eigenvalue weighted by molar-refractivity contribution is -0.119. The number of thiophene rings is 1. The molecule has 0 bridgehead atoms. The molecule has 3 heterocycles. The van der Waals surface area contributed by atoms with Crippen molar-refractivity contribution in [3.63, 3.8) is 0 Å². The first kappa shape index (κ1) is 20.4. The summed E-state index contributed by atoms with van der Waals surface area (Å²) in [4.78, 5) is 44.2. The average Bonchev–Trinajstić information content (AvgIpc) is 3.10. The number of β-amino-alcohol motifs (C(OH)–C–C–N with tert-alkyl or cyclic N) is 1. The Labute approximate surface area is 178 Å². The summed E-state index contributed by atoms with van der Waals surface area (Å²) in [5.41, 5.74) is 1.92. The number of para-hydroxylation sites is 1. The largest absolute Gasteiger partial charge is 0.496 e. The predicted molar refractivity (Wildman–Crippen MR) is 112 cm³/mol. The predicted octanol–water partition coefficient (Wildman–Crippen LogP) is 1.37. The van der Waals surface area contributed by atoms with Crippen molar-refractivity contribution in [2.75, 3.05) is 45.3 Å². The van der Waals surface area contributed by atoms with E-state index in [1.54, 1.807) is 30.1 Å². The number of carbonyl (C=O) groups is 3. The first-order valence-corrected chi connectivity index (χ1v) is 10.5. The molecule has 2 aliphatic rings. The summed E-state index contributed by atoms with van der Waals surface area (Å²) in [5.74, 6) is -0.0276. The van der Waals surface area contributed by atoms with Crippen LogP contribution in [0.5, 0.6) is 5.75 Å². The van der Waals surface area contributed by atoms with Crippen LogP contribution in [0.1, 0.15) is 31.2 Å². The zero-order valence-electron chi connectivity index (χ0n) is 16.9. The average molecular weight is 429 g/mol. The number of rotatable bonds is 4. The minimum Gasteiger partial charge on any atom is -0.496 e. The van der Waals surface area contributed by atoms with Crippen molar-refractivity contribution in [1.29, 1.82) is 0 Å². The lowest BCUT2D eigenvalue weighted by Crippen LogP contribution is -2.39. The van der Waals surface area contributed by atoms with Crippen LogP contribution in [-0.2, 0) is 17.8 Å². The Hall–Kier alpha value is -2.91. The smallest absolute Gasteiger partial charge is 0.257 e. The molecule has 0 radical (unpaired) electrons. The maximum Gasteiger partial charge on any atom is 0.257 e. The zero-order chi connectivity index (χ0) is 21.4. The fourth-order valence-electron chi connectivity index (χ4n) is 3.96. The van der Waals surface area contributed by atoms with Crippen molar-refractivity contribution in [1.82, 2.24) is 9.80 Å². The van der Waals surface area contributed by atoms with Crippen molar-refractivity contribution in [2.24, 2.45) is 0 Å². The molecule has 9 heteroatoms. The number of nitrogens with zero attached hydrogens (tertiary/aromatic N) is 3. The van der Waals surface area contributed by atoms with Crippen molar-refractivity contribution in [3.05, 3.63) is 45.8 Å². The summed E-state index contributed by atoms with van der Waals surface area (Å²) >= 11 is 1.36. The van der Waals surface area contributed by atoms with Gasteiger partial charge in [0.1, 0.15) is 17.3 Å². The highest BCUT2D eigenvalue weighted by molar-refractivity contribution is 7.17. The van der Waals surface area contributed by atoms with Crippen LogP contribution in [-0.4, -0.2) is 73.0 Å². The van der Waals surface area contributed by atoms with E-state index in [1.807, 2.05) is 6.07 Å². The Bertz CT molecular complexity index is 1020. The van der Waals surface area contributed by atoms with E-state index in [0.29, 0.717) is 41.4 Å². The third-order valence-corrected chi connectivity index (χ3v) is 6.71. The Morgan fingerprint density at radius 2 is 2.00 bits per heavy atom. The first-order valence-electron chi connectivity index (χ1n) is 9.69. The fourth-order valence-corrected chi connectivity index (χ4v) is 5.35. The monoisotopic (exact) mass is 429 g/mol. The van der Waals surface area contributed by atoms with Gasteiger partial charge in [-0.2, -0.15) is 0 Å². The molecule has 1 aromatic heterocycles. The third kappa shape index (κ3) is 3.33. The lowest BCUT2D eigenvalue weighted by Gasteiger charge is -2.28. The van der Waals surface area contributed by atoms with Crippen molar-refractivity contribution in [2.45, 2.75) is 13.0 Å². The molecule has 0 aliphatic carbocycles. The van der Waals surface area contributed by atoms with Crippen LogP contribution < -0.4 is 9.64 Å². The van der Waals surface area contributed by atoms with Gasteiger partial charge in [-0.25, -0.2) is 0 Å². The molecular weight excluding hydrogens is 406 g/mol. The van der Waals surface area contributed by atoms with E-state index >= 15 is 0 Å². The molecule has 8 nitrogen and oxygen atoms in total. The lowest BCUT2D eigenvalue weighted by atomic mass is 10.0. The molecule has 2 aromatic rings. The molecule has 1 N–H and O–H groups in total. The summed E-state index contributed by atoms with van der Waals surface area (Å²) < 4.78 is 5.32. The Morgan fingerprint density at radius 3 is 2.73 bits per heavy atom. The number of anilines is 1. The molecule has 30 heavy (non-hydrogen) atoms. The summed E-state index contributed by atoms with van der Waals surface area (Å²) in [6, 6.07) is 7.10. The molecule has 0 unspecified atom stereocenters. The highest BCUT2D eigenvalue weighted by Crippen LogP contribution is 2.41. The van der Waals surface area contributed by atoms with Crippen LogP contribution >= 0.6 is 11.3 Å². The number of amides is 3. The number of ether oxygens (including phenoxy) is 1. The van der Waals surface area contributed by atoms with Gasteiger partial charge in [-0.15, -0.1) is 11.3 Å². The molecule has 4 rings (SSSR count). The molecule has 158 valence electrons. The Morgan fingerprint density at radius 1 is 1.23 bits per heavy atom. The quantitative estimate of drug-likeness (QED) is 0.793. The molecule has 0 spiro atoms. The number of fused-ring (bicyclic) bond motifs is 3. The summed E-state index contributed by atoms with van der Waals surface area (Å²) in [7, 11) is 3.14. The fraction of sp³-hybridized carbons (Fsp3) is 0.381. The second-order valence-corrected chi connectivity index (χ2v) is 8.37. The Balaban J connectivity index is 1.70. The van der Waals surface area contributed by atoms with Crippen LogP contribution in [0.15, 0.2) is 24.3 Å². The first-order chi connectivity index (χ1) is 14.5. The standard InChI is InChI=1S/C21H23N3O5S/c1-22-12-17(26)24(9-10-25)21-18(20(22)28)14-7-8-23(11-16(14)30-21)19(27)13-5-3-4-6-15(13)29-2/h3-6,25H,7-12H2,1-2H3. The van der Waals surface area contributed by atoms with E-state index in [0.717, 1.165) is 10.4 Å². The molecule has 0 saturated carbocycles. The topological polar surface area (TPSA) is 90.4 Å². The van der Waals surface area contributed by atoms with E-state index in [2.05, 4.69) is 0 Å². The van der Waals surface area contributed by atoms with Gasteiger partial charge in [-0.3, -0.25) is 19.3 Å². The maximum atomic E-state index is 13.1. The van der Waals surface area contributed by atoms with Gasteiger partial charge in [0, 0.05) is 25.0 Å². The van der Waals surface area contributed by atoms with E-state index in [4.69, 9.17) is 4.74 Å². The minimum atomic E-state index is -0.223. The third-order valence-electron chi connectivity index (χ3n) is 5.47. The van der Waals surface area contributed by atoms with Gasteiger partial charge < -0.3 is 19.6 Å². The summed E-state index contributed by atoms with van der Waals surface area (Å²) in [6.45, 7) is 0.758. The summed E-state index contributed by atoms with van der Waals surface area (Å²) in [6.07, 6.45) is 0.531. The van der Waals surface area contributed by atoms with Gasteiger partial charge in [-0.1, -0.05) is 12.1 Å². The van der Waals surface area contributed by atoms with Crippen molar-refractivity contribution in [3.8, 4) is 5.75 Å². The van der Waals surface area contributed by atoms with Gasteiger partial charge in [0.25, 0.3) is 11.8 Å². The van der Waals surface area contributed by atoms with E-state index in [1.165, 1.54) is 28.2 Å². The molecule has 0 saturated heterocycles. The van der Waals surface area contributed by atoms with Crippen LogP contribution in [0.3, 0.4) is 0 Å². The summed E-state index contributed by atoms with van der Waals surface area (Å²) in [5, 5.41) is 10.00. The number of hydrogen-bond acceptors (Lipinski definition) is 6. The molecule has 0 fully saturated rings. The highest BCUT2D eigenvalue weighted by atomic mass is 32.1. The number of aliphatic hydroxyl groups excluding tert-OH is 1. The zero-order valence-corrected chi connectivity index (χ0v) is 17.7. The normalized spacial score (nSPS) is 16.3. The molecule has 2 aliphatic heterocycles. The number of benzene rings is 1. The SMILES string of the molecule is COc1ccccc1C(=O)N1CCc2c(sc3c2C(=O)N(C)CC(=O)N3CCO)C1. The molecule has 0 atom stereocenters. The van der Waals surface area contributed by atoms with Crippen LogP contribution in [0.2, 0.25) is 0 Å². The second kappa shape index (κ2) is 8.08. The molecule has 3 amide bonds. The number of hydrogen-bond donors (Lipinski definition) is 1. The number of carbonyl (C=O) groups excluding carboxylic acids is 3. The van der Waals surface area contributed by atoms with Crippen molar-refractivity contribution >= 4 is 34.1 Å². The van der Waals surface area contributed by atoms with Gasteiger partial charge >= 0.3 is 0 Å². The maximum absolute atomic E-state index is 13.1.